The molecule has 3 fully saturated rings. The molecule has 3 aliphatic rings. The second-order valence-corrected chi connectivity index (χ2v) is 9.41. The third-order valence-electron chi connectivity index (χ3n) is 6.85. The maximum absolute atomic E-state index is 12.6. The van der Waals surface area contributed by atoms with Gasteiger partial charge in [-0.15, -0.1) is 0 Å². The first-order valence-corrected chi connectivity index (χ1v) is 11.5. The van der Waals surface area contributed by atoms with Gasteiger partial charge in [-0.3, -0.25) is 14.7 Å². The summed E-state index contributed by atoms with van der Waals surface area (Å²) in [4.78, 5) is 21.5. The number of nitrogens with zero attached hydrogens (tertiary/aromatic N) is 3. The molecule has 2 atom stereocenters. The van der Waals surface area contributed by atoms with Crippen LogP contribution in [0.1, 0.15) is 58.8 Å². The summed E-state index contributed by atoms with van der Waals surface area (Å²) >= 11 is 0. The van der Waals surface area contributed by atoms with Crippen LogP contribution in [-0.4, -0.2) is 74.0 Å². The number of aliphatic imine (C=N–C) groups is 1. The van der Waals surface area contributed by atoms with Gasteiger partial charge in [0.15, 0.2) is 5.96 Å². The van der Waals surface area contributed by atoms with E-state index in [1.807, 2.05) is 7.05 Å². The molecule has 0 aromatic rings. The van der Waals surface area contributed by atoms with Crippen molar-refractivity contribution in [3.63, 3.8) is 0 Å². The Morgan fingerprint density at radius 3 is 2.25 bits per heavy atom. The second kappa shape index (κ2) is 10.5. The van der Waals surface area contributed by atoms with E-state index < -0.39 is 0 Å². The molecule has 1 heterocycles. The van der Waals surface area contributed by atoms with Crippen molar-refractivity contribution in [3.05, 3.63) is 0 Å². The molecule has 2 saturated carbocycles. The summed E-state index contributed by atoms with van der Waals surface area (Å²) in [5, 5.41) is 7.11. The number of hydrogen-bond acceptors (Lipinski definition) is 3. The standard InChI is InChI=1S/C22H41N5O/c1-17-14-18(2)16-20(15-17)25-22(23-3)24-8-9-26-10-12-27(13-11-26)21(28)19-6-4-5-7-19/h17-20H,4-16H2,1-3H3,(H2,23,24,25). The summed E-state index contributed by atoms with van der Waals surface area (Å²) in [6, 6.07) is 0.537. The highest BCUT2D eigenvalue weighted by atomic mass is 16.2. The first-order valence-electron chi connectivity index (χ1n) is 11.5. The number of amides is 1. The molecule has 0 radical (unpaired) electrons. The first-order chi connectivity index (χ1) is 13.5. The zero-order valence-electron chi connectivity index (χ0n) is 18.3. The number of piperazine rings is 1. The van der Waals surface area contributed by atoms with Gasteiger partial charge in [0.2, 0.25) is 5.91 Å². The van der Waals surface area contributed by atoms with Crippen LogP contribution in [0, 0.1) is 17.8 Å². The van der Waals surface area contributed by atoms with Crippen molar-refractivity contribution in [1.82, 2.24) is 20.4 Å². The van der Waals surface area contributed by atoms with E-state index in [1.54, 1.807) is 0 Å². The van der Waals surface area contributed by atoms with Crippen molar-refractivity contribution < 1.29 is 4.79 Å². The highest BCUT2D eigenvalue weighted by Gasteiger charge is 2.29. The lowest BCUT2D eigenvalue weighted by Gasteiger charge is -2.36. The minimum atomic E-state index is 0.313. The number of rotatable bonds is 5. The zero-order chi connectivity index (χ0) is 19.9. The van der Waals surface area contributed by atoms with Crippen molar-refractivity contribution in [3.8, 4) is 0 Å². The Balaban J connectivity index is 1.33. The molecule has 6 nitrogen and oxygen atoms in total. The summed E-state index contributed by atoms with van der Waals surface area (Å²) in [5.41, 5.74) is 0. The quantitative estimate of drug-likeness (QED) is 0.558. The Kier molecular flexibility index (Phi) is 8.00. The normalized spacial score (nSPS) is 30.5. The molecule has 0 spiro atoms. The summed E-state index contributed by atoms with van der Waals surface area (Å²) < 4.78 is 0. The molecule has 0 bridgehead atoms. The largest absolute Gasteiger partial charge is 0.355 e. The average molecular weight is 392 g/mol. The van der Waals surface area contributed by atoms with Gasteiger partial charge in [-0.2, -0.15) is 0 Å². The van der Waals surface area contributed by atoms with Crippen molar-refractivity contribution in [2.75, 3.05) is 46.3 Å². The molecular weight excluding hydrogens is 350 g/mol. The number of guanidine groups is 1. The van der Waals surface area contributed by atoms with Crippen LogP contribution in [0.4, 0.5) is 0 Å². The number of carbonyl (C=O) groups excluding carboxylic acids is 1. The van der Waals surface area contributed by atoms with Gasteiger partial charge in [-0.1, -0.05) is 26.7 Å². The molecule has 3 rings (SSSR count). The summed E-state index contributed by atoms with van der Waals surface area (Å²) in [7, 11) is 1.86. The van der Waals surface area contributed by atoms with Crippen LogP contribution in [0.2, 0.25) is 0 Å². The molecular formula is C22H41N5O. The van der Waals surface area contributed by atoms with E-state index >= 15 is 0 Å². The highest BCUT2D eigenvalue weighted by Crippen LogP contribution is 2.28. The molecule has 2 unspecified atom stereocenters. The van der Waals surface area contributed by atoms with Gasteiger partial charge in [-0.25, -0.2) is 0 Å². The van der Waals surface area contributed by atoms with Gasteiger partial charge >= 0.3 is 0 Å². The predicted molar refractivity (Wildman–Crippen MR) is 115 cm³/mol. The molecule has 2 aliphatic carbocycles. The van der Waals surface area contributed by atoms with E-state index in [4.69, 9.17) is 0 Å². The summed E-state index contributed by atoms with van der Waals surface area (Å²) in [5.74, 6) is 3.25. The smallest absolute Gasteiger partial charge is 0.225 e. The Hall–Kier alpha value is -1.30. The maximum Gasteiger partial charge on any atom is 0.225 e. The Bertz CT molecular complexity index is 513. The summed E-state index contributed by atoms with van der Waals surface area (Å²) in [6.45, 7) is 10.4. The van der Waals surface area contributed by atoms with Gasteiger partial charge in [0, 0.05) is 58.3 Å². The minimum Gasteiger partial charge on any atom is -0.355 e. The van der Waals surface area contributed by atoms with E-state index in [2.05, 4.69) is 39.3 Å². The van der Waals surface area contributed by atoms with Crippen molar-refractivity contribution in [2.24, 2.45) is 22.7 Å². The van der Waals surface area contributed by atoms with Gasteiger partial charge in [0.05, 0.1) is 0 Å². The van der Waals surface area contributed by atoms with Gasteiger partial charge in [-0.05, 0) is 43.9 Å². The fourth-order valence-electron chi connectivity index (χ4n) is 5.41. The number of carbonyl (C=O) groups is 1. The first kappa shape index (κ1) is 21.4. The van der Waals surface area contributed by atoms with Crippen molar-refractivity contribution in [1.29, 1.82) is 0 Å². The van der Waals surface area contributed by atoms with E-state index in [-0.39, 0.29) is 0 Å². The molecule has 6 heteroatoms. The molecule has 0 aromatic heterocycles. The van der Waals surface area contributed by atoms with Gasteiger partial charge in [0.25, 0.3) is 0 Å². The maximum atomic E-state index is 12.6. The van der Waals surface area contributed by atoms with Crippen LogP contribution in [0.5, 0.6) is 0 Å². The Morgan fingerprint density at radius 1 is 1.00 bits per heavy atom. The average Bonchev–Trinajstić information content (AvgIpc) is 3.21. The third kappa shape index (κ3) is 6.10. The van der Waals surface area contributed by atoms with E-state index in [1.165, 1.54) is 32.1 Å². The van der Waals surface area contributed by atoms with Gasteiger partial charge < -0.3 is 15.5 Å². The van der Waals surface area contributed by atoms with E-state index in [0.717, 1.165) is 69.9 Å². The third-order valence-corrected chi connectivity index (χ3v) is 6.85. The molecule has 2 N–H and O–H groups in total. The highest BCUT2D eigenvalue weighted by molar-refractivity contribution is 5.80. The van der Waals surface area contributed by atoms with Crippen LogP contribution in [0.15, 0.2) is 4.99 Å². The lowest BCUT2D eigenvalue weighted by Crippen LogP contribution is -2.52. The molecule has 1 amide bonds. The van der Waals surface area contributed by atoms with E-state index in [0.29, 0.717) is 17.9 Å². The molecule has 28 heavy (non-hydrogen) atoms. The van der Waals surface area contributed by atoms with Crippen LogP contribution in [0.25, 0.3) is 0 Å². The molecule has 0 aromatic carbocycles. The van der Waals surface area contributed by atoms with Crippen LogP contribution < -0.4 is 10.6 Å². The lowest BCUT2D eigenvalue weighted by atomic mass is 9.80. The van der Waals surface area contributed by atoms with Crippen LogP contribution in [-0.2, 0) is 4.79 Å². The molecule has 160 valence electrons. The fraction of sp³-hybridized carbons (Fsp3) is 0.909. The van der Waals surface area contributed by atoms with Crippen LogP contribution >= 0.6 is 0 Å². The minimum absolute atomic E-state index is 0.313. The number of nitrogens with one attached hydrogen (secondary N) is 2. The monoisotopic (exact) mass is 391 g/mol. The zero-order valence-corrected chi connectivity index (χ0v) is 18.3. The SMILES string of the molecule is CN=C(NCCN1CCN(C(=O)C2CCCC2)CC1)NC1CC(C)CC(C)C1. The summed E-state index contributed by atoms with van der Waals surface area (Å²) in [6.07, 6.45) is 8.50. The van der Waals surface area contributed by atoms with Crippen molar-refractivity contribution in [2.45, 2.75) is 64.8 Å². The second-order valence-electron chi connectivity index (χ2n) is 9.41. The molecule has 1 saturated heterocycles. The fourth-order valence-corrected chi connectivity index (χ4v) is 5.41. The topological polar surface area (TPSA) is 60.0 Å². The van der Waals surface area contributed by atoms with Gasteiger partial charge in [0.1, 0.15) is 0 Å². The van der Waals surface area contributed by atoms with Crippen LogP contribution in [0.3, 0.4) is 0 Å². The molecule has 1 aliphatic heterocycles. The lowest BCUT2D eigenvalue weighted by molar-refractivity contribution is -0.137. The Morgan fingerprint density at radius 2 is 1.64 bits per heavy atom. The predicted octanol–water partition coefficient (Wildman–Crippen LogP) is 2.31. The Labute approximate surface area is 171 Å². The number of hydrogen-bond donors (Lipinski definition) is 2. The van der Waals surface area contributed by atoms with E-state index in [9.17, 15) is 4.79 Å². The van der Waals surface area contributed by atoms with Crippen molar-refractivity contribution >= 4 is 11.9 Å².